The third-order valence-electron chi connectivity index (χ3n) is 2.22. The summed E-state index contributed by atoms with van der Waals surface area (Å²) in [4.78, 5) is 4.74. The van der Waals surface area contributed by atoms with Crippen molar-refractivity contribution < 1.29 is 4.39 Å². The Morgan fingerprint density at radius 3 is 3.06 bits per heavy atom. The van der Waals surface area contributed by atoms with Crippen molar-refractivity contribution in [3.05, 3.63) is 35.5 Å². The van der Waals surface area contributed by atoms with Crippen LogP contribution in [-0.4, -0.2) is 14.6 Å². The average Bonchev–Trinajstić information content (AvgIpc) is 2.76. The molecular formula is C10H7FN4S. The van der Waals surface area contributed by atoms with Crippen molar-refractivity contribution in [1.82, 2.24) is 14.6 Å². The zero-order valence-corrected chi connectivity index (χ0v) is 8.91. The molecule has 0 aliphatic heterocycles. The monoisotopic (exact) mass is 234 g/mol. The molecule has 6 heteroatoms. The summed E-state index contributed by atoms with van der Waals surface area (Å²) in [6, 6.07) is 6.35. The van der Waals surface area contributed by atoms with Gasteiger partial charge in [0, 0.05) is 10.9 Å². The molecule has 0 saturated heterocycles. The lowest BCUT2D eigenvalue weighted by atomic mass is 10.2. The number of thiazole rings is 1. The molecule has 0 radical (unpaired) electrons. The minimum absolute atomic E-state index is 0.226. The second-order valence-electron chi connectivity index (χ2n) is 3.30. The Hall–Kier alpha value is -1.95. The molecule has 0 bridgehead atoms. The molecule has 0 aliphatic carbocycles. The number of nitrogens with two attached hydrogens (primary N) is 1. The van der Waals surface area contributed by atoms with Gasteiger partial charge in [-0.3, -0.25) is 0 Å². The highest BCUT2D eigenvalue weighted by molar-refractivity contribution is 7.15. The van der Waals surface area contributed by atoms with Gasteiger partial charge < -0.3 is 5.73 Å². The van der Waals surface area contributed by atoms with Gasteiger partial charge in [0.2, 0.25) is 10.9 Å². The zero-order chi connectivity index (χ0) is 11.1. The number of hydrogen-bond donors (Lipinski definition) is 1. The number of aromatic nitrogens is 3. The predicted molar refractivity (Wildman–Crippen MR) is 60.7 cm³/mol. The first-order valence-corrected chi connectivity index (χ1v) is 5.48. The molecule has 2 N–H and O–H groups in total. The van der Waals surface area contributed by atoms with Gasteiger partial charge in [0.15, 0.2) is 0 Å². The lowest BCUT2D eigenvalue weighted by Gasteiger charge is -1.98. The van der Waals surface area contributed by atoms with Gasteiger partial charge in [-0.05, 0) is 12.1 Å². The zero-order valence-electron chi connectivity index (χ0n) is 8.09. The highest BCUT2D eigenvalue weighted by atomic mass is 32.1. The first-order valence-electron chi connectivity index (χ1n) is 4.60. The molecule has 0 spiro atoms. The van der Waals surface area contributed by atoms with Gasteiger partial charge in [-0.15, -0.1) is 16.4 Å². The first-order chi connectivity index (χ1) is 7.74. The quantitative estimate of drug-likeness (QED) is 0.702. The Morgan fingerprint density at radius 1 is 1.38 bits per heavy atom. The first kappa shape index (κ1) is 9.29. The van der Waals surface area contributed by atoms with Crippen molar-refractivity contribution >= 4 is 22.2 Å². The fraction of sp³-hybridized carbons (Fsp3) is 0. The van der Waals surface area contributed by atoms with Crippen molar-refractivity contribution in [3.8, 4) is 11.3 Å². The van der Waals surface area contributed by atoms with Crippen LogP contribution in [0.2, 0.25) is 0 Å². The molecule has 4 nitrogen and oxygen atoms in total. The molecule has 1 aromatic carbocycles. The maximum Gasteiger partial charge on any atom is 0.241 e. The van der Waals surface area contributed by atoms with E-state index >= 15 is 0 Å². The van der Waals surface area contributed by atoms with E-state index in [0.29, 0.717) is 4.96 Å². The van der Waals surface area contributed by atoms with Crippen LogP contribution in [0, 0.1) is 5.82 Å². The molecule has 3 aromatic rings. The number of benzene rings is 1. The van der Waals surface area contributed by atoms with Crippen LogP contribution in [0.15, 0.2) is 29.6 Å². The Kier molecular flexibility index (Phi) is 1.90. The summed E-state index contributed by atoms with van der Waals surface area (Å²) in [5.74, 6) is -0.0468. The van der Waals surface area contributed by atoms with E-state index in [0.717, 1.165) is 11.3 Å². The fourth-order valence-electron chi connectivity index (χ4n) is 1.54. The summed E-state index contributed by atoms with van der Waals surface area (Å²) in [5.41, 5.74) is 7.06. The highest BCUT2D eigenvalue weighted by Crippen LogP contribution is 2.25. The van der Waals surface area contributed by atoms with Crippen LogP contribution in [0.5, 0.6) is 0 Å². The van der Waals surface area contributed by atoms with Crippen LogP contribution in [0.1, 0.15) is 0 Å². The molecule has 0 atom stereocenters. The van der Waals surface area contributed by atoms with E-state index in [1.54, 1.807) is 10.6 Å². The van der Waals surface area contributed by atoms with E-state index in [1.807, 2.05) is 11.4 Å². The van der Waals surface area contributed by atoms with Crippen LogP contribution in [0.3, 0.4) is 0 Å². The molecule has 16 heavy (non-hydrogen) atoms. The van der Waals surface area contributed by atoms with Gasteiger partial charge in [0.1, 0.15) is 5.82 Å². The lowest BCUT2D eigenvalue weighted by molar-refractivity contribution is 0.628. The third kappa shape index (κ3) is 1.35. The number of hydrogen-bond acceptors (Lipinski definition) is 4. The normalized spacial score (nSPS) is 11.1. The van der Waals surface area contributed by atoms with Crippen molar-refractivity contribution in [2.24, 2.45) is 0 Å². The van der Waals surface area contributed by atoms with E-state index in [9.17, 15) is 4.39 Å². The highest BCUT2D eigenvalue weighted by Gasteiger charge is 2.10. The van der Waals surface area contributed by atoms with Gasteiger partial charge in [0.25, 0.3) is 0 Å². The SMILES string of the molecule is Nc1nc2scc(-c3cccc(F)c3)n2n1. The molecule has 80 valence electrons. The van der Waals surface area contributed by atoms with E-state index in [4.69, 9.17) is 5.73 Å². The Labute approximate surface area is 94.2 Å². The molecule has 2 heterocycles. The van der Waals surface area contributed by atoms with Gasteiger partial charge in [-0.25, -0.2) is 8.91 Å². The largest absolute Gasteiger partial charge is 0.366 e. The number of anilines is 1. The number of nitrogen functional groups attached to an aromatic ring is 1. The molecule has 0 unspecified atom stereocenters. The Bertz CT molecular complexity index is 658. The van der Waals surface area contributed by atoms with Crippen molar-refractivity contribution in [3.63, 3.8) is 0 Å². The fourth-order valence-corrected chi connectivity index (χ4v) is 2.38. The van der Waals surface area contributed by atoms with E-state index < -0.39 is 0 Å². The van der Waals surface area contributed by atoms with Crippen LogP contribution < -0.4 is 5.73 Å². The van der Waals surface area contributed by atoms with E-state index in [-0.39, 0.29) is 11.8 Å². The van der Waals surface area contributed by atoms with Crippen LogP contribution in [0.25, 0.3) is 16.2 Å². The van der Waals surface area contributed by atoms with Crippen LogP contribution in [-0.2, 0) is 0 Å². The minimum atomic E-state index is -0.273. The minimum Gasteiger partial charge on any atom is -0.366 e. The van der Waals surface area contributed by atoms with Crippen LogP contribution >= 0.6 is 11.3 Å². The number of nitrogens with zero attached hydrogens (tertiary/aromatic N) is 3. The summed E-state index contributed by atoms with van der Waals surface area (Å²) in [6.07, 6.45) is 0. The molecule has 0 aliphatic rings. The molecule has 2 aromatic heterocycles. The molecular weight excluding hydrogens is 227 g/mol. The van der Waals surface area contributed by atoms with Crippen molar-refractivity contribution in [2.75, 3.05) is 5.73 Å². The van der Waals surface area contributed by atoms with Gasteiger partial charge >= 0.3 is 0 Å². The third-order valence-corrected chi connectivity index (χ3v) is 3.03. The standard InChI is InChI=1S/C10H7FN4S/c11-7-3-1-2-6(4-7)8-5-16-10-13-9(12)14-15(8)10/h1-5H,(H2,12,14). The number of fused-ring (bicyclic) bond motifs is 1. The second-order valence-corrected chi connectivity index (χ2v) is 4.13. The van der Waals surface area contributed by atoms with E-state index in [1.165, 1.54) is 23.5 Å². The van der Waals surface area contributed by atoms with Crippen molar-refractivity contribution in [1.29, 1.82) is 0 Å². The summed E-state index contributed by atoms with van der Waals surface area (Å²) >= 11 is 1.42. The molecule has 0 fully saturated rings. The summed E-state index contributed by atoms with van der Waals surface area (Å²) < 4.78 is 14.7. The molecule has 3 rings (SSSR count). The van der Waals surface area contributed by atoms with Gasteiger partial charge in [-0.1, -0.05) is 12.1 Å². The smallest absolute Gasteiger partial charge is 0.241 e. The summed E-state index contributed by atoms with van der Waals surface area (Å²) in [7, 11) is 0. The predicted octanol–water partition coefficient (Wildman–Crippen LogP) is 2.18. The molecule has 0 saturated carbocycles. The molecule has 0 amide bonds. The number of rotatable bonds is 1. The van der Waals surface area contributed by atoms with Crippen LogP contribution in [0.4, 0.5) is 10.3 Å². The summed E-state index contributed by atoms with van der Waals surface area (Å²) in [6.45, 7) is 0. The summed E-state index contributed by atoms with van der Waals surface area (Å²) in [5, 5.41) is 5.93. The topological polar surface area (TPSA) is 56.2 Å². The average molecular weight is 234 g/mol. The van der Waals surface area contributed by atoms with Gasteiger partial charge in [0.05, 0.1) is 5.69 Å². The van der Waals surface area contributed by atoms with Crippen molar-refractivity contribution in [2.45, 2.75) is 0 Å². The van der Waals surface area contributed by atoms with Gasteiger partial charge in [-0.2, -0.15) is 4.98 Å². The van der Waals surface area contributed by atoms with E-state index in [2.05, 4.69) is 10.1 Å². The maximum absolute atomic E-state index is 13.1. The Balaban J connectivity index is 2.25. The Morgan fingerprint density at radius 2 is 2.25 bits per heavy atom. The second kappa shape index (κ2) is 3.28. The number of halogens is 1. The maximum atomic E-state index is 13.1. The lowest BCUT2D eigenvalue weighted by Crippen LogP contribution is -1.91.